The van der Waals surface area contributed by atoms with E-state index in [0.29, 0.717) is 5.92 Å². The predicted octanol–water partition coefficient (Wildman–Crippen LogP) is 3.98. The van der Waals surface area contributed by atoms with Gasteiger partial charge in [-0.05, 0) is 81.2 Å². The summed E-state index contributed by atoms with van der Waals surface area (Å²) in [5.74, 6) is 1.62. The molecule has 7 heteroatoms. The third-order valence-corrected chi connectivity index (χ3v) is 6.21. The van der Waals surface area contributed by atoms with Gasteiger partial charge in [0.15, 0.2) is 5.96 Å². The molecular formula is C22H36N4O2S. The molecule has 1 aliphatic carbocycles. The Morgan fingerprint density at radius 3 is 2.59 bits per heavy atom. The van der Waals surface area contributed by atoms with Gasteiger partial charge in [0.1, 0.15) is 5.60 Å². The van der Waals surface area contributed by atoms with Crippen LogP contribution in [-0.2, 0) is 11.2 Å². The minimum Gasteiger partial charge on any atom is -0.444 e. The number of hydrogen-bond donors (Lipinski definition) is 1. The maximum absolute atomic E-state index is 12.8. The number of nitrogens with one attached hydrogen (secondary N) is 1. The second kappa shape index (κ2) is 9.83. The second-order valence-electron chi connectivity index (χ2n) is 9.15. The molecule has 1 aromatic heterocycles. The fraction of sp³-hybridized carbons (Fsp3) is 0.727. The Bertz CT molecular complexity index is 671. The number of guanidine groups is 1. The van der Waals surface area contributed by atoms with E-state index in [-0.39, 0.29) is 12.1 Å². The number of carbonyl (C=O) groups is 1. The third-order valence-electron chi connectivity index (χ3n) is 5.47. The first-order valence-corrected chi connectivity index (χ1v) is 11.8. The predicted molar refractivity (Wildman–Crippen MR) is 120 cm³/mol. The molecule has 1 saturated carbocycles. The van der Waals surface area contributed by atoms with E-state index in [2.05, 4.69) is 32.0 Å². The number of carbonyl (C=O) groups excluding carboxylic acids is 1. The van der Waals surface area contributed by atoms with Gasteiger partial charge in [0.25, 0.3) is 0 Å². The van der Waals surface area contributed by atoms with E-state index in [9.17, 15) is 4.79 Å². The van der Waals surface area contributed by atoms with Crippen molar-refractivity contribution < 1.29 is 9.53 Å². The molecule has 1 saturated heterocycles. The number of rotatable bonds is 6. The lowest BCUT2D eigenvalue weighted by Crippen LogP contribution is -2.52. The summed E-state index contributed by atoms with van der Waals surface area (Å²) >= 11 is 1.74. The number of nitrogens with zero attached hydrogens (tertiary/aromatic N) is 3. The van der Waals surface area contributed by atoms with E-state index >= 15 is 0 Å². The van der Waals surface area contributed by atoms with Gasteiger partial charge in [0.2, 0.25) is 0 Å². The fourth-order valence-electron chi connectivity index (χ4n) is 3.75. The largest absolute Gasteiger partial charge is 0.444 e. The van der Waals surface area contributed by atoms with Crippen molar-refractivity contribution >= 4 is 23.4 Å². The molecule has 0 bridgehead atoms. The van der Waals surface area contributed by atoms with Gasteiger partial charge in [-0.15, -0.1) is 0 Å². The van der Waals surface area contributed by atoms with E-state index in [1.54, 1.807) is 11.3 Å². The van der Waals surface area contributed by atoms with Crippen LogP contribution in [-0.4, -0.2) is 66.7 Å². The number of hydrogen-bond acceptors (Lipinski definition) is 4. The Morgan fingerprint density at radius 1 is 1.31 bits per heavy atom. The van der Waals surface area contributed by atoms with Crippen LogP contribution in [0.3, 0.4) is 0 Å². The number of aliphatic imine (C=N–C) groups is 1. The Morgan fingerprint density at radius 2 is 2.03 bits per heavy atom. The van der Waals surface area contributed by atoms with Crippen LogP contribution in [0.1, 0.15) is 52.0 Å². The lowest BCUT2D eigenvalue weighted by Gasteiger charge is -2.40. The summed E-state index contributed by atoms with van der Waals surface area (Å²) in [5, 5.41) is 7.81. The van der Waals surface area contributed by atoms with Crippen LogP contribution in [0, 0.1) is 5.92 Å². The standard InChI is InChI=1S/C22H36N4O2S/c1-22(2,3)28-21(27)26(15-17-5-6-17)19-8-12-25(13-9-19)20(23-4)24-11-7-18-10-14-29-16-18/h10,14,16-17,19H,5-9,11-13,15H2,1-4H3,(H,23,24). The Kier molecular flexibility index (Phi) is 7.44. The molecule has 1 N–H and O–H groups in total. The molecule has 3 rings (SSSR count). The third kappa shape index (κ3) is 6.91. The normalized spacial score (nSPS) is 18.6. The number of amides is 1. The highest BCUT2D eigenvalue weighted by molar-refractivity contribution is 7.07. The van der Waals surface area contributed by atoms with Crippen molar-refractivity contribution in [1.29, 1.82) is 0 Å². The van der Waals surface area contributed by atoms with Gasteiger partial charge >= 0.3 is 6.09 Å². The quantitative estimate of drug-likeness (QED) is 0.559. The molecule has 1 aliphatic heterocycles. The maximum atomic E-state index is 12.8. The molecule has 0 spiro atoms. The summed E-state index contributed by atoms with van der Waals surface area (Å²) in [6.07, 6.45) is 5.24. The summed E-state index contributed by atoms with van der Waals surface area (Å²) in [4.78, 5) is 21.6. The first-order valence-electron chi connectivity index (χ1n) is 10.8. The van der Waals surface area contributed by atoms with Crippen molar-refractivity contribution in [2.24, 2.45) is 10.9 Å². The first kappa shape index (κ1) is 21.9. The Hall–Kier alpha value is -1.76. The van der Waals surface area contributed by atoms with Crippen LogP contribution in [0.15, 0.2) is 21.8 Å². The molecule has 2 fully saturated rings. The van der Waals surface area contributed by atoms with Crippen molar-refractivity contribution in [3.63, 3.8) is 0 Å². The summed E-state index contributed by atoms with van der Waals surface area (Å²) in [6, 6.07) is 2.43. The highest BCUT2D eigenvalue weighted by Gasteiger charge is 2.35. The Balaban J connectivity index is 1.50. The van der Waals surface area contributed by atoms with E-state index in [1.165, 1.54) is 18.4 Å². The molecule has 0 aromatic carbocycles. The van der Waals surface area contributed by atoms with E-state index in [0.717, 1.165) is 51.4 Å². The summed E-state index contributed by atoms with van der Waals surface area (Å²) in [5.41, 5.74) is 0.915. The molecule has 2 heterocycles. The second-order valence-corrected chi connectivity index (χ2v) is 9.93. The van der Waals surface area contributed by atoms with Crippen LogP contribution < -0.4 is 5.32 Å². The number of ether oxygens (including phenoxy) is 1. The van der Waals surface area contributed by atoms with E-state index < -0.39 is 5.60 Å². The SMILES string of the molecule is CN=C(NCCc1ccsc1)N1CCC(N(CC2CC2)C(=O)OC(C)(C)C)CC1. The fourth-order valence-corrected chi connectivity index (χ4v) is 4.45. The molecule has 0 radical (unpaired) electrons. The van der Waals surface area contributed by atoms with Crippen LogP contribution in [0.25, 0.3) is 0 Å². The molecular weight excluding hydrogens is 384 g/mol. The van der Waals surface area contributed by atoms with Crippen molar-refractivity contribution in [1.82, 2.24) is 15.1 Å². The minimum atomic E-state index is -0.450. The number of piperidine rings is 1. The average molecular weight is 421 g/mol. The van der Waals surface area contributed by atoms with Gasteiger partial charge in [0.05, 0.1) is 0 Å². The molecule has 162 valence electrons. The molecule has 6 nitrogen and oxygen atoms in total. The van der Waals surface area contributed by atoms with Crippen molar-refractivity contribution in [3.8, 4) is 0 Å². The molecule has 29 heavy (non-hydrogen) atoms. The van der Waals surface area contributed by atoms with Gasteiger partial charge in [-0.25, -0.2) is 4.79 Å². The summed E-state index contributed by atoms with van der Waals surface area (Å²) in [7, 11) is 1.85. The first-order chi connectivity index (χ1) is 13.9. The summed E-state index contributed by atoms with van der Waals surface area (Å²) in [6.45, 7) is 9.36. The van der Waals surface area contributed by atoms with Gasteiger partial charge < -0.3 is 19.9 Å². The maximum Gasteiger partial charge on any atom is 0.410 e. The highest BCUT2D eigenvalue weighted by Crippen LogP contribution is 2.32. The minimum absolute atomic E-state index is 0.152. The van der Waals surface area contributed by atoms with Crippen molar-refractivity contribution in [2.75, 3.05) is 33.2 Å². The topological polar surface area (TPSA) is 57.2 Å². The van der Waals surface area contributed by atoms with Crippen molar-refractivity contribution in [2.45, 2.75) is 64.5 Å². The van der Waals surface area contributed by atoms with Crippen LogP contribution in [0.4, 0.5) is 4.79 Å². The molecule has 2 aliphatic rings. The number of likely N-dealkylation sites (tertiary alicyclic amines) is 1. The molecule has 0 atom stereocenters. The van der Waals surface area contributed by atoms with Gasteiger partial charge in [0, 0.05) is 39.3 Å². The Labute approximate surface area is 179 Å². The zero-order chi connectivity index (χ0) is 20.9. The molecule has 1 aromatic rings. The van der Waals surface area contributed by atoms with Crippen LogP contribution in [0.2, 0.25) is 0 Å². The average Bonchev–Trinajstić information content (AvgIpc) is 3.35. The lowest BCUT2D eigenvalue weighted by molar-refractivity contribution is 0.00929. The molecule has 0 unspecified atom stereocenters. The van der Waals surface area contributed by atoms with Gasteiger partial charge in [-0.2, -0.15) is 11.3 Å². The van der Waals surface area contributed by atoms with Gasteiger partial charge in [-0.1, -0.05) is 0 Å². The molecule has 1 amide bonds. The van der Waals surface area contributed by atoms with Gasteiger partial charge in [-0.3, -0.25) is 4.99 Å². The van der Waals surface area contributed by atoms with Crippen LogP contribution in [0.5, 0.6) is 0 Å². The van der Waals surface area contributed by atoms with Crippen molar-refractivity contribution in [3.05, 3.63) is 22.4 Å². The monoisotopic (exact) mass is 420 g/mol. The lowest BCUT2D eigenvalue weighted by atomic mass is 10.0. The van der Waals surface area contributed by atoms with Crippen LogP contribution >= 0.6 is 11.3 Å². The smallest absolute Gasteiger partial charge is 0.410 e. The summed E-state index contributed by atoms with van der Waals surface area (Å²) < 4.78 is 5.70. The van der Waals surface area contributed by atoms with E-state index in [1.807, 2.05) is 32.7 Å². The highest BCUT2D eigenvalue weighted by atomic mass is 32.1. The number of thiophene rings is 1. The van der Waals surface area contributed by atoms with E-state index in [4.69, 9.17) is 4.74 Å². The zero-order valence-electron chi connectivity index (χ0n) is 18.3. The zero-order valence-corrected chi connectivity index (χ0v) is 19.1.